The summed E-state index contributed by atoms with van der Waals surface area (Å²) >= 11 is 0. The zero-order valence-corrected chi connectivity index (χ0v) is 15.8. The van der Waals surface area contributed by atoms with E-state index in [4.69, 9.17) is 0 Å². The van der Waals surface area contributed by atoms with Crippen LogP contribution in [0.1, 0.15) is 25.5 Å². The number of nitrogens with zero attached hydrogens (tertiary/aromatic N) is 2. The number of hydrogen-bond donors (Lipinski definition) is 3. The maximum Gasteiger partial charge on any atom is 0.242 e. The van der Waals surface area contributed by atoms with E-state index in [0.717, 1.165) is 12.1 Å². The molecule has 2 aromatic rings. The van der Waals surface area contributed by atoms with Gasteiger partial charge < -0.3 is 10.6 Å². The first-order valence-corrected chi connectivity index (χ1v) is 10.0. The Hall–Kier alpha value is -2.45. The molecule has 2 rings (SSSR count). The number of nitrogens with one attached hydrogen (secondary N) is 3. The maximum absolute atomic E-state index is 12.1. The third-order valence-electron chi connectivity index (χ3n) is 3.62. The average molecular weight is 375 g/mol. The summed E-state index contributed by atoms with van der Waals surface area (Å²) in [6.07, 6.45) is 2.85. The van der Waals surface area contributed by atoms with Crippen molar-refractivity contribution >= 4 is 16.0 Å². The molecule has 0 saturated carbocycles. The molecule has 1 aromatic carbocycles. The summed E-state index contributed by atoms with van der Waals surface area (Å²) in [6.45, 7) is 5.27. The first-order valence-electron chi connectivity index (χ1n) is 8.52. The standard InChI is InChI=1S/C18H25N5O2S/c1-3-20-18(23-15(2)16-8-5-4-6-9-16)21-12-13-22-26(24,25)17-10-7-11-19-14-17/h4-11,14-15,22H,3,12-13H2,1-2H3,(H2,20,21,23). The molecular formula is C18H25N5O2S. The molecule has 1 aromatic heterocycles. The number of rotatable bonds is 8. The predicted molar refractivity (Wildman–Crippen MR) is 103 cm³/mol. The van der Waals surface area contributed by atoms with Crippen molar-refractivity contribution < 1.29 is 8.42 Å². The maximum atomic E-state index is 12.1. The van der Waals surface area contributed by atoms with Crippen LogP contribution >= 0.6 is 0 Å². The van der Waals surface area contributed by atoms with E-state index in [1.807, 2.05) is 44.2 Å². The molecule has 7 nitrogen and oxygen atoms in total. The molecule has 0 bridgehead atoms. The highest BCUT2D eigenvalue weighted by Gasteiger charge is 2.13. The van der Waals surface area contributed by atoms with Crippen LogP contribution in [0.15, 0.2) is 64.7 Å². The van der Waals surface area contributed by atoms with Gasteiger partial charge in [-0.15, -0.1) is 0 Å². The van der Waals surface area contributed by atoms with Gasteiger partial charge in [-0.3, -0.25) is 9.98 Å². The summed E-state index contributed by atoms with van der Waals surface area (Å²) in [5.74, 6) is 0.643. The van der Waals surface area contributed by atoms with E-state index in [0.29, 0.717) is 12.5 Å². The summed E-state index contributed by atoms with van der Waals surface area (Å²) in [5.41, 5.74) is 1.15. The zero-order chi connectivity index (χ0) is 18.8. The van der Waals surface area contributed by atoms with Gasteiger partial charge in [-0.2, -0.15) is 0 Å². The van der Waals surface area contributed by atoms with Crippen molar-refractivity contribution in [2.45, 2.75) is 24.8 Å². The van der Waals surface area contributed by atoms with Crippen molar-refractivity contribution in [3.05, 3.63) is 60.4 Å². The lowest BCUT2D eigenvalue weighted by Crippen LogP contribution is -2.39. The van der Waals surface area contributed by atoms with Crippen molar-refractivity contribution in [3.8, 4) is 0 Å². The highest BCUT2D eigenvalue weighted by molar-refractivity contribution is 7.89. The van der Waals surface area contributed by atoms with Gasteiger partial charge in [-0.25, -0.2) is 13.1 Å². The molecule has 0 aliphatic rings. The van der Waals surface area contributed by atoms with Crippen molar-refractivity contribution in [1.82, 2.24) is 20.3 Å². The van der Waals surface area contributed by atoms with E-state index < -0.39 is 10.0 Å². The highest BCUT2D eigenvalue weighted by atomic mass is 32.2. The molecule has 0 aliphatic carbocycles. The van der Waals surface area contributed by atoms with Gasteiger partial charge in [0.1, 0.15) is 4.90 Å². The SMILES string of the molecule is CCNC(=NCCNS(=O)(=O)c1cccnc1)NC(C)c1ccccc1. The third-order valence-corrected chi connectivity index (χ3v) is 5.06. The Morgan fingerprint density at radius 1 is 1.19 bits per heavy atom. The van der Waals surface area contributed by atoms with E-state index >= 15 is 0 Å². The molecule has 1 unspecified atom stereocenters. The smallest absolute Gasteiger partial charge is 0.242 e. The second-order valence-electron chi connectivity index (χ2n) is 5.62. The number of benzene rings is 1. The Kier molecular flexibility index (Phi) is 7.55. The van der Waals surface area contributed by atoms with Crippen molar-refractivity contribution in [1.29, 1.82) is 0 Å². The van der Waals surface area contributed by atoms with Crippen LogP contribution in [0.25, 0.3) is 0 Å². The molecule has 0 spiro atoms. The lowest BCUT2D eigenvalue weighted by molar-refractivity contribution is 0.581. The van der Waals surface area contributed by atoms with Gasteiger partial charge in [0.15, 0.2) is 5.96 Å². The van der Waals surface area contributed by atoms with Crippen LogP contribution in [0.4, 0.5) is 0 Å². The minimum Gasteiger partial charge on any atom is -0.357 e. The highest BCUT2D eigenvalue weighted by Crippen LogP contribution is 2.10. The molecule has 0 saturated heterocycles. The molecule has 0 radical (unpaired) electrons. The van der Waals surface area contributed by atoms with Crippen molar-refractivity contribution in [2.24, 2.45) is 4.99 Å². The Labute approximate surface area is 155 Å². The number of aromatic nitrogens is 1. The van der Waals surface area contributed by atoms with Gasteiger partial charge in [-0.1, -0.05) is 30.3 Å². The van der Waals surface area contributed by atoms with E-state index in [1.54, 1.807) is 6.07 Å². The number of sulfonamides is 1. The van der Waals surface area contributed by atoms with Crippen LogP contribution in [0.2, 0.25) is 0 Å². The molecule has 0 fully saturated rings. The predicted octanol–water partition coefficient (Wildman–Crippen LogP) is 1.68. The van der Waals surface area contributed by atoms with Gasteiger partial charge in [-0.05, 0) is 31.5 Å². The molecular weight excluding hydrogens is 350 g/mol. The molecule has 1 heterocycles. The van der Waals surface area contributed by atoms with Crippen LogP contribution in [-0.4, -0.2) is 39.0 Å². The van der Waals surface area contributed by atoms with Crippen LogP contribution in [-0.2, 0) is 10.0 Å². The second kappa shape index (κ2) is 9.88. The lowest BCUT2D eigenvalue weighted by atomic mass is 10.1. The Morgan fingerprint density at radius 3 is 2.62 bits per heavy atom. The van der Waals surface area contributed by atoms with Gasteiger partial charge >= 0.3 is 0 Å². The normalized spacial score (nSPS) is 13.2. The average Bonchev–Trinajstić information content (AvgIpc) is 2.66. The minimum absolute atomic E-state index is 0.0843. The van der Waals surface area contributed by atoms with E-state index in [9.17, 15) is 8.42 Å². The van der Waals surface area contributed by atoms with Crippen LogP contribution in [0, 0.1) is 0 Å². The van der Waals surface area contributed by atoms with Crippen molar-refractivity contribution in [2.75, 3.05) is 19.6 Å². The molecule has 26 heavy (non-hydrogen) atoms. The molecule has 140 valence electrons. The topological polar surface area (TPSA) is 95.5 Å². The van der Waals surface area contributed by atoms with Gasteiger partial charge in [0.2, 0.25) is 10.0 Å². The number of guanidine groups is 1. The van der Waals surface area contributed by atoms with Crippen LogP contribution in [0.3, 0.4) is 0 Å². The lowest BCUT2D eigenvalue weighted by Gasteiger charge is -2.18. The van der Waals surface area contributed by atoms with E-state index in [-0.39, 0.29) is 17.5 Å². The largest absolute Gasteiger partial charge is 0.357 e. The summed E-state index contributed by atoms with van der Waals surface area (Å²) in [7, 11) is -3.56. The molecule has 1 atom stereocenters. The fraction of sp³-hybridized carbons (Fsp3) is 0.333. The van der Waals surface area contributed by atoms with Gasteiger partial charge in [0.25, 0.3) is 0 Å². The molecule has 8 heteroatoms. The second-order valence-corrected chi connectivity index (χ2v) is 7.39. The monoisotopic (exact) mass is 375 g/mol. The van der Waals surface area contributed by atoms with Crippen LogP contribution < -0.4 is 15.4 Å². The van der Waals surface area contributed by atoms with Crippen LogP contribution in [0.5, 0.6) is 0 Å². The number of hydrogen-bond acceptors (Lipinski definition) is 4. The quantitative estimate of drug-likeness (QED) is 0.371. The van der Waals surface area contributed by atoms with E-state index in [2.05, 4.69) is 25.3 Å². The minimum atomic E-state index is -3.56. The summed E-state index contributed by atoms with van der Waals surface area (Å²) in [6, 6.07) is 13.2. The Balaban J connectivity index is 1.91. The third kappa shape index (κ3) is 6.12. The first-order chi connectivity index (χ1) is 12.5. The summed E-state index contributed by atoms with van der Waals surface area (Å²) < 4.78 is 26.8. The molecule has 0 amide bonds. The van der Waals surface area contributed by atoms with Crippen molar-refractivity contribution in [3.63, 3.8) is 0 Å². The van der Waals surface area contributed by atoms with E-state index in [1.165, 1.54) is 18.5 Å². The van der Waals surface area contributed by atoms with Gasteiger partial charge in [0.05, 0.1) is 12.6 Å². The zero-order valence-electron chi connectivity index (χ0n) is 15.0. The Morgan fingerprint density at radius 2 is 1.96 bits per heavy atom. The first kappa shape index (κ1) is 19.9. The number of pyridine rings is 1. The molecule has 3 N–H and O–H groups in total. The summed E-state index contributed by atoms with van der Waals surface area (Å²) in [4.78, 5) is 8.40. The number of aliphatic imine (C=N–C) groups is 1. The molecule has 0 aliphatic heterocycles. The fourth-order valence-electron chi connectivity index (χ4n) is 2.29. The Bertz CT molecular complexity index is 795. The fourth-order valence-corrected chi connectivity index (χ4v) is 3.27. The van der Waals surface area contributed by atoms with Gasteiger partial charge in [0, 0.05) is 25.5 Å². The summed E-state index contributed by atoms with van der Waals surface area (Å²) in [5, 5.41) is 6.48.